The number of aromatic hydroxyl groups is 1. The number of carbonyl (C=O) groups excluding carboxylic acids is 1. The van der Waals surface area contributed by atoms with Crippen LogP contribution in [0, 0.1) is 11.8 Å². The number of phenols is 1. The lowest BCUT2D eigenvalue weighted by Gasteiger charge is -1.98. The number of carboxylic acids is 1. The van der Waals surface area contributed by atoms with Gasteiger partial charge in [0, 0.05) is 19.1 Å². The number of aromatic carboxylic acids is 1. The highest BCUT2D eigenvalue weighted by molar-refractivity contribution is 8.13. The highest BCUT2D eigenvalue weighted by atomic mass is 32.2. The van der Waals surface area contributed by atoms with Gasteiger partial charge in [0.1, 0.15) is 5.75 Å². The smallest absolute Gasteiger partial charge is 0.335 e. The molecule has 0 fully saturated rings. The Morgan fingerprint density at radius 1 is 1.39 bits per heavy atom. The number of benzene rings is 1. The third-order valence-electron chi connectivity index (χ3n) is 2.00. The highest BCUT2D eigenvalue weighted by Crippen LogP contribution is 2.17. The Kier molecular flexibility index (Phi) is 5.28. The summed E-state index contributed by atoms with van der Waals surface area (Å²) in [6, 6.07) is 3.94. The van der Waals surface area contributed by atoms with Gasteiger partial charge in [-0.05, 0) is 18.2 Å². The van der Waals surface area contributed by atoms with Gasteiger partial charge in [-0.2, -0.15) is 0 Å². The molecule has 1 aromatic rings. The van der Waals surface area contributed by atoms with Crippen molar-refractivity contribution in [1.29, 1.82) is 0 Å². The average Bonchev–Trinajstić information content (AvgIpc) is 2.30. The lowest BCUT2D eigenvalue weighted by atomic mass is 10.1. The molecule has 4 nitrogen and oxygen atoms in total. The van der Waals surface area contributed by atoms with Gasteiger partial charge >= 0.3 is 5.97 Å². The molecule has 0 aliphatic rings. The van der Waals surface area contributed by atoms with E-state index in [9.17, 15) is 14.7 Å². The Morgan fingerprint density at radius 3 is 2.72 bits per heavy atom. The van der Waals surface area contributed by atoms with E-state index in [2.05, 4.69) is 11.8 Å². The standard InChI is InChI=1S/C13H12O4S/c1-9(14)18-7-3-2-4-10-8-11(13(16)17)5-6-12(10)15/h5-6,8,15H,3,7H2,1H3,(H,16,17). The lowest BCUT2D eigenvalue weighted by molar-refractivity contribution is -0.109. The summed E-state index contributed by atoms with van der Waals surface area (Å²) in [5, 5.41) is 18.3. The maximum atomic E-state index is 10.7. The molecule has 18 heavy (non-hydrogen) atoms. The van der Waals surface area contributed by atoms with Crippen LogP contribution in [0.3, 0.4) is 0 Å². The van der Waals surface area contributed by atoms with E-state index in [-0.39, 0.29) is 22.0 Å². The second-order valence-electron chi connectivity index (χ2n) is 3.43. The summed E-state index contributed by atoms with van der Waals surface area (Å²) in [5.74, 6) is 4.95. The normalized spacial score (nSPS) is 9.39. The molecule has 5 heteroatoms. The zero-order valence-electron chi connectivity index (χ0n) is 9.77. The molecule has 0 spiro atoms. The van der Waals surface area contributed by atoms with Gasteiger partial charge in [-0.15, -0.1) is 0 Å². The number of thioether (sulfide) groups is 1. The van der Waals surface area contributed by atoms with Crippen molar-refractivity contribution in [1.82, 2.24) is 0 Å². The van der Waals surface area contributed by atoms with Gasteiger partial charge in [0.2, 0.25) is 0 Å². The molecule has 0 aliphatic carbocycles. The number of carboxylic acid groups (broad SMARTS) is 1. The molecule has 0 atom stereocenters. The number of rotatable bonds is 3. The topological polar surface area (TPSA) is 74.6 Å². The van der Waals surface area contributed by atoms with Crippen LogP contribution in [-0.2, 0) is 4.79 Å². The first-order valence-electron chi connectivity index (χ1n) is 5.19. The van der Waals surface area contributed by atoms with E-state index in [0.29, 0.717) is 12.2 Å². The molecule has 0 saturated heterocycles. The summed E-state index contributed by atoms with van der Waals surface area (Å²) < 4.78 is 0. The van der Waals surface area contributed by atoms with E-state index in [1.807, 2.05) is 0 Å². The van der Waals surface area contributed by atoms with Gasteiger partial charge in [-0.3, -0.25) is 4.79 Å². The van der Waals surface area contributed by atoms with Gasteiger partial charge in [-0.25, -0.2) is 4.79 Å². The van der Waals surface area contributed by atoms with Crippen molar-refractivity contribution in [3.05, 3.63) is 29.3 Å². The molecular weight excluding hydrogens is 252 g/mol. The van der Waals surface area contributed by atoms with E-state index in [1.54, 1.807) is 0 Å². The molecule has 0 aromatic heterocycles. The van der Waals surface area contributed by atoms with Gasteiger partial charge in [0.25, 0.3) is 0 Å². The van der Waals surface area contributed by atoms with E-state index in [4.69, 9.17) is 5.11 Å². The van der Waals surface area contributed by atoms with Gasteiger partial charge in [-0.1, -0.05) is 23.6 Å². The summed E-state index contributed by atoms with van der Waals surface area (Å²) in [7, 11) is 0. The largest absolute Gasteiger partial charge is 0.507 e. The van der Waals surface area contributed by atoms with Gasteiger partial charge in [0.15, 0.2) is 5.12 Å². The Bertz CT molecular complexity index is 526. The van der Waals surface area contributed by atoms with E-state index >= 15 is 0 Å². The van der Waals surface area contributed by atoms with Crippen molar-refractivity contribution >= 4 is 22.8 Å². The molecule has 0 amide bonds. The average molecular weight is 264 g/mol. The Hall–Kier alpha value is -1.93. The van der Waals surface area contributed by atoms with Crippen LogP contribution in [-0.4, -0.2) is 27.1 Å². The van der Waals surface area contributed by atoms with Crippen molar-refractivity contribution in [3.63, 3.8) is 0 Å². The second-order valence-corrected chi connectivity index (χ2v) is 4.70. The number of carbonyl (C=O) groups is 2. The predicted octanol–water partition coefficient (Wildman–Crippen LogP) is 2.11. The molecule has 1 rings (SSSR count). The second kappa shape index (κ2) is 6.72. The van der Waals surface area contributed by atoms with Gasteiger partial charge in [0.05, 0.1) is 11.1 Å². The fourth-order valence-electron chi connectivity index (χ4n) is 1.17. The fraction of sp³-hybridized carbons (Fsp3) is 0.231. The van der Waals surface area contributed by atoms with Crippen molar-refractivity contribution in [2.75, 3.05) is 5.75 Å². The molecule has 2 N–H and O–H groups in total. The zero-order chi connectivity index (χ0) is 13.5. The molecule has 1 aromatic carbocycles. The number of hydrogen-bond donors (Lipinski definition) is 2. The molecular formula is C13H12O4S. The summed E-state index contributed by atoms with van der Waals surface area (Å²) >= 11 is 1.18. The summed E-state index contributed by atoms with van der Waals surface area (Å²) in [4.78, 5) is 21.4. The monoisotopic (exact) mass is 264 g/mol. The van der Waals surface area contributed by atoms with Crippen molar-refractivity contribution in [2.24, 2.45) is 0 Å². The first-order chi connectivity index (χ1) is 8.50. The number of hydrogen-bond acceptors (Lipinski definition) is 4. The quantitative estimate of drug-likeness (QED) is 0.646. The first kappa shape index (κ1) is 14.1. The van der Waals surface area contributed by atoms with Crippen LogP contribution in [0.4, 0.5) is 0 Å². The summed E-state index contributed by atoms with van der Waals surface area (Å²) in [6.07, 6.45) is 0.501. The Morgan fingerprint density at radius 2 is 2.11 bits per heavy atom. The van der Waals surface area contributed by atoms with Gasteiger partial charge < -0.3 is 10.2 Å². The van der Waals surface area contributed by atoms with Crippen LogP contribution >= 0.6 is 11.8 Å². The van der Waals surface area contributed by atoms with E-state index in [1.165, 1.54) is 36.9 Å². The van der Waals surface area contributed by atoms with Crippen LogP contribution < -0.4 is 0 Å². The van der Waals surface area contributed by atoms with Crippen LogP contribution in [0.25, 0.3) is 0 Å². The zero-order valence-corrected chi connectivity index (χ0v) is 10.6. The molecule has 0 saturated carbocycles. The molecule has 0 bridgehead atoms. The van der Waals surface area contributed by atoms with Crippen LogP contribution in [0.2, 0.25) is 0 Å². The van der Waals surface area contributed by atoms with Crippen molar-refractivity contribution in [3.8, 4) is 17.6 Å². The summed E-state index contributed by atoms with van der Waals surface area (Å²) in [6.45, 7) is 1.49. The van der Waals surface area contributed by atoms with Crippen LogP contribution in [0.5, 0.6) is 5.75 Å². The molecule has 0 aliphatic heterocycles. The molecule has 0 heterocycles. The Balaban J connectivity index is 2.71. The number of phenolic OH excluding ortho intramolecular Hbond substituents is 1. The summed E-state index contributed by atoms with van der Waals surface area (Å²) in [5.41, 5.74) is 0.359. The predicted molar refractivity (Wildman–Crippen MR) is 69.7 cm³/mol. The highest BCUT2D eigenvalue weighted by Gasteiger charge is 2.05. The Labute approximate surface area is 109 Å². The minimum atomic E-state index is -1.06. The SMILES string of the molecule is CC(=O)SCCC#Cc1cc(C(=O)O)ccc1O. The minimum Gasteiger partial charge on any atom is -0.507 e. The van der Waals surface area contributed by atoms with Crippen LogP contribution in [0.15, 0.2) is 18.2 Å². The maximum absolute atomic E-state index is 10.7. The van der Waals surface area contributed by atoms with E-state index < -0.39 is 5.97 Å². The van der Waals surface area contributed by atoms with Crippen molar-refractivity contribution < 1.29 is 19.8 Å². The first-order valence-corrected chi connectivity index (χ1v) is 6.18. The van der Waals surface area contributed by atoms with Crippen molar-refractivity contribution in [2.45, 2.75) is 13.3 Å². The fourth-order valence-corrected chi connectivity index (χ4v) is 1.66. The minimum absolute atomic E-state index is 0.0347. The van der Waals surface area contributed by atoms with Crippen LogP contribution in [0.1, 0.15) is 29.3 Å². The molecule has 0 radical (unpaired) electrons. The lowest BCUT2D eigenvalue weighted by Crippen LogP contribution is -1.96. The third kappa shape index (κ3) is 4.52. The molecule has 94 valence electrons. The van der Waals surface area contributed by atoms with E-state index in [0.717, 1.165) is 0 Å². The third-order valence-corrected chi connectivity index (χ3v) is 2.81. The molecule has 0 unspecified atom stereocenters. The maximum Gasteiger partial charge on any atom is 0.335 e.